The van der Waals surface area contributed by atoms with Gasteiger partial charge in [0.15, 0.2) is 5.54 Å². The second-order valence-electron chi connectivity index (χ2n) is 10.4. The van der Waals surface area contributed by atoms with E-state index in [-0.39, 0.29) is 51.2 Å². The predicted molar refractivity (Wildman–Crippen MR) is 159 cm³/mol. The summed E-state index contributed by atoms with van der Waals surface area (Å²) in [6.45, 7) is -0.260. The van der Waals surface area contributed by atoms with Gasteiger partial charge < -0.3 is 24.2 Å². The first kappa shape index (κ1) is 26.8. The van der Waals surface area contributed by atoms with E-state index >= 15 is 4.79 Å². The van der Waals surface area contributed by atoms with E-state index in [1.165, 1.54) is 98.8 Å². The number of hydrogen-bond donors (Lipinski definition) is 1. The first-order valence-corrected chi connectivity index (χ1v) is 15.0. The lowest BCUT2D eigenvalue weighted by Gasteiger charge is -2.42. The lowest BCUT2D eigenvalue weighted by atomic mass is 9.80. The number of ether oxygens (including phenoxy) is 3. The Balaban J connectivity index is 1.88. The number of aliphatic hydroxyl groups is 1. The number of anilines is 1. The highest BCUT2D eigenvalue weighted by atomic mass is 35.5. The monoisotopic (exact) mass is 632 g/mol. The van der Waals surface area contributed by atoms with Gasteiger partial charge in [-0.1, -0.05) is 29.8 Å². The van der Waals surface area contributed by atoms with Crippen LogP contribution in [0.1, 0.15) is 21.7 Å². The van der Waals surface area contributed by atoms with Gasteiger partial charge in [0.1, 0.15) is 22.1 Å². The summed E-state index contributed by atoms with van der Waals surface area (Å²) >= 11 is 6.50. The van der Waals surface area contributed by atoms with Crippen molar-refractivity contribution in [3.63, 3.8) is 0 Å². The van der Waals surface area contributed by atoms with Crippen LogP contribution >= 0.6 is 11.6 Å². The molecule has 0 aliphatic carbocycles. The van der Waals surface area contributed by atoms with Crippen molar-refractivity contribution in [2.45, 2.75) is 29.0 Å². The fraction of sp³-hybridized carbons (Fsp3) is 0.333. The molecule has 2 amide bonds. The quantitative estimate of drug-likeness (QED) is 0.399. The first-order chi connectivity index (χ1) is 21.6. The maximum atomic E-state index is 15.3. The number of aliphatic hydroxyl groups excluding tert-OH is 1. The lowest BCUT2D eigenvalue weighted by molar-refractivity contribution is -0.138. The normalized spacial score (nSPS) is 23.3. The van der Waals surface area contributed by atoms with Crippen molar-refractivity contribution in [3.8, 4) is 17.2 Å². The van der Waals surface area contributed by atoms with Crippen molar-refractivity contribution in [2.75, 3.05) is 46.2 Å². The highest BCUT2D eigenvalue weighted by molar-refractivity contribution is 7.93. The van der Waals surface area contributed by atoms with E-state index in [1.54, 1.807) is 0 Å². The molecule has 3 aromatic rings. The number of benzene rings is 3. The Morgan fingerprint density at radius 3 is 2.47 bits per heavy atom. The molecule has 0 saturated carbocycles. The summed E-state index contributed by atoms with van der Waals surface area (Å²) in [5, 5.41) is 11.1. The average molecular weight is 633 g/mol. The van der Waals surface area contributed by atoms with Crippen LogP contribution in [0.15, 0.2) is 65.6 Å². The summed E-state index contributed by atoms with van der Waals surface area (Å²) in [5.41, 5.74) is -2.35. The number of carbonyl (C=O) groups is 2. The van der Waals surface area contributed by atoms with Crippen LogP contribution in [0.25, 0.3) is 0 Å². The lowest BCUT2D eigenvalue weighted by Crippen LogP contribution is -2.59. The molecule has 0 bridgehead atoms. The van der Waals surface area contributed by atoms with E-state index < -0.39 is 46.6 Å². The maximum absolute atomic E-state index is 15.3. The zero-order valence-electron chi connectivity index (χ0n) is 26.8. The Morgan fingerprint density at radius 2 is 1.79 bits per heavy atom. The number of para-hydroxylation sites is 1. The van der Waals surface area contributed by atoms with E-state index in [1.807, 2.05) is 0 Å². The van der Waals surface area contributed by atoms with Crippen molar-refractivity contribution < 1.29 is 41.4 Å². The van der Waals surface area contributed by atoms with Crippen LogP contribution < -0.4 is 18.5 Å². The minimum Gasteiger partial charge on any atom is -0.497 e. The second kappa shape index (κ2) is 11.3. The Bertz CT molecular complexity index is 1810. The van der Waals surface area contributed by atoms with Crippen LogP contribution in [0.2, 0.25) is 5.02 Å². The molecular weight excluding hydrogens is 598 g/mol. The fourth-order valence-corrected chi connectivity index (χ4v) is 7.71. The number of nitrogens with zero attached hydrogens (tertiary/aromatic N) is 3. The molecule has 11 nitrogen and oxygen atoms in total. The minimum absolute atomic E-state index is 0.0355. The molecule has 2 aliphatic heterocycles. The fourth-order valence-electron chi connectivity index (χ4n) is 5.94. The molecular formula is C30H32ClN3O8S. The van der Waals surface area contributed by atoms with Gasteiger partial charge in [0.2, 0.25) is 5.91 Å². The second-order valence-corrected chi connectivity index (χ2v) is 12.5. The van der Waals surface area contributed by atoms with Crippen LogP contribution in [0.5, 0.6) is 17.2 Å². The van der Waals surface area contributed by atoms with Gasteiger partial charge in [-0.15, -0.1) is 0 Å². The van der Waals surface area contributed by atoms with Crippen molar-refractivity contribution in [2.24, 2.45) is 0 Å². The third-order valence-electron chi connectivity index (χ3n) is 7.77. The minimum atomic E-state index is -4.78. The Kier molecular flexibility index (Phi) is 7.06. The van der Waals surface area contributed by atoms with Gasteiger partial charge in [0, 0.05) is 42.9 Å². The van der Waals surface area contributed by atoms with Gasteiger partial charge in [0.05, 0.1) is 43.2 Å². The van der Waals surface area contributed by atoms with Gasteiger partial charge in [-0.2, -0.15) is 0 Å². The molecule has 2 aliphatic rings. The Labute approximate surface area is 259 Å². The molecule has 3 atom stereocenters. The molecule has 0 unspecified atom stereocenters. The Hall–Kier alpha value is -3.84. The number of amides is 2. The summed E-state index contributed by atoms with van der Waals surface area (Å²) in [7, 11) is -2.06. The number of fused-ring (bicyclic) bond motifs is 1. The molecule has 0 radical (unpaired) electrons. The topological polar surface area (TPSA) is 126 Å². The summed E-state index contributed by atoms with van der Waals surface area (Å²) in [5.74, 6) is -1.62. The molecule has 0 spiro atoms. The largest absolute Gasteiger partial charge is 0.497 e. The summed E-state index contributed by atoms with van der Waals surface area (Å²) in [6, 6.07) is 12.8. The number of methoxy groups -OCH3 is 3. The molecule has 0 aromatic heterocycles. The SMILES string of the molecule is [2H]C([2H])([2H])Oc1ccccc1[C@@]1(N2C[C@H](O)C[C@H]2C(=O)N(C)C)C(=O)N(S(=O)(=O)c2ccc(OC)cc2OC)c2ccc(Cl)cc21. The average Bonchev–Trinajstić information content (AvgIpc) is 3.50. The molecule has 2 heterocycles. The number of sulfonamides is 1. The molecule has 1 saturated heterocycles. The van der Waals surface area contributed by atoms with E-state index in [0.717, 1.165) is 0 Å². The van der Waals surface area contributed by atoms with Gasteiger partial charge in [-0.25, -0.2) is 12.7 Å². The summed E-state index contributed by atoms with van der Waals surface area (Å²) in [6.07, 6.45) is -1.20. The van der Waals surface area contributed by atoms with Crippen molar-refractivity contribution in [1.29, 1.82) is 0 Å². The number of halogens is 1. The Morgan fingerprint density at radius 1 is 1.05 bits per heavy atom. The van der Waals surface area contributed by atoms with Gasteiger partial charge >= 0.3 is 0 Å². The molecule has 228 valence electrons. The molecule has 5 rings (SSSR count). The third kappa shape index (κ3) is 4.69. The van der Waals surface area contributed by atoms with Crippen LogP contribution in [0, 0.1) is 0 Å². The van der Waals surface area contributed by atoms with Gasteiger partial charge in [0.25, 0.3) is 15.9 Å². The molecule has 1 fully saturated rings. The number of hydrogen-bond acceptors (Lipinski definition) is 9. The standard InChI is InChI=1S/C30H32ClN3O8S/c1-32(2)28(36)24-15-19(35)17-33(24)30(21-8-6-7-9-25(21)41-4)22-14-18(31)10-12-23(22)34(29(30)37)43(38,39)27-13-11-20(40-3)16-26(27)42-5/h6-14,16,19,24,35H,15,17H2,1-5H3/t19-,24+,30+/m1/s1/i4D3. The smallest absolute Gasteiger partial charge is 0.274 e. The molecule has 3 aromatic carbocycles. The number of likely N-dealkylation sites (N-methyl/N-ethyl adjacent to an activating group) is 1. The number of β-amino-alcohol motifs (C(OH)–C–C–N with tert-alkyl or cyclic N) is 1. The maximum Gasteiger partial charge on any atom is 0.274 e. The predicted octanol–water partition coefficient (Wildman–Crippen LogP) is 2.87. The van der Waals surface area contributed by atoms with E-state index in [0.29, 0.717) is 10.1 Å². The van der Waals surface area contributed by atoms with Crippen molar-refractivity contribution in [3.05, 3.63) is 76.8 Å². The highest BCUT2D eigenvalue weighted by Gasteiger charge is 2.64. The first-order valence-electron chi connectivity index (χ1n) is 14.6. The molecule has 1 N–H and O–H groups in total. The zero-order chi connectivity index (χ0) is 33.8. The van der Waals surface area contributed by atoms with Gasteiger partial charge in [-0.3, -0.25) is 14.5 Å². The van der Waals surface area contributed by atoms with Crippen LogP contribution in [-0.4, -0.2) is 89.2 Å². The molecule has 43 heavy (non-hydrogen) atoms. The highest BCUT2D eigenvalue weighted by Crippen LogP contribution is 2.55. The van der Waals surface area contributed by atoms with Crippen molar-refractivity contribution in [1.82, 2.24) is 9.80 Å². The summed E-state index contributed by atoms with van der Waals surface area (Å²) < 4.78 is 69.2. The number of rotatable bonds is 8. The summed E-state index contributed by atoms with van der Waals surface area (Å²) in [4.78, 5) is 31.2. The van der Waals surface area contributed by atoms with E-state index in [2.05, 4.69) is 0 Å². The number of likely N-dealkylation sites (tertiary alicyclic amines) is 1. The number of carbonyl (C=O) groups excluding carboxylic acids is 2. The van der Waals surface area contributed by atoms with Crippen molar-refractivity contribution >= 4 is 39.1 Å². The third-order valence-corrected chi connectivity index (χ3v) is 9.74. The van der Waals surface area contributed by atoms with Crippen LogP contribution in [0.3, 0.4) is 0 Å². The zero-order valence-corrected chi connectivity index (χ0v) is 25.3. The van der Waals surface area contributed by atoms with Crippen LogP contribution in [-0.2, 0) is 25.2 Å². The van der Waals surface area contributed by atoms with E-state index in [9.17, 15) is 18.3 Å². The van der Waals surface area contributed by atoms with Gasteiger partial charge in [-0.05, 0) is 42.8 Å². The molecule has 13 heteroatoms. The van der Waals surface area contributed by atoms with Crippen LogP contribution in [0.4, 0.5) is 5.69 Å². The van der Waals surface area contributed by atoms with E-state index in [4.69, 9.17) is 29.9 Å².